The lowest BCUT2D eigenvalue weighted by molar-refractivity contribution is 0.564. The number of rotatable bonds is 4. The minimum atomic E-state index is -3.68. The van der Waals surface area contributed by atoms with Crippen molar-refractivity contribution in [1.82, 2.24) is 9.71 Å². The molecule has 0 bridgehead atoms. The van der Waals surface area contributed by atoms with E-state index in [0.29, 0.717) is 21.0 Å². The van der Waals surface area contributed by atoms with Crippen molar-refractivity contribution >= 4 is 43.0 Å². The Morgan fingerprint density at radius 3 is 2.74 bits per heavy atom. The lowest BCUT2D eigenvalue weighted by Crippen LogP contribution is -2.27. The lowest BCUT2D eigenvalue weighted by atomic mass is 10.2. The monoisotopic (exact) mass is 366 g/mol. The maximum absolute atomic E-state index is 12.8. The molecule has 0 amide bonds. The topological polar surface area (TPSA) is 59.1 Å². The van der Waals surface area contributed by atoms with Crippen molar-refractivity contribution in [1.29, 1.82) is 0 Å². The normalized spacial score (nSPS) is 13.3. The number of hydrogen-bond acceptors (Lipinski definition) is 4. The minimum absolute atomic E-state index is 0.294. The molecular weight excluding hydrogens is 352 g/mol. The van der Waals surface area contributed by atoms with Gasteiger partial charge in [-0.05, 0) is 44.2 Å². The van der Waals surface area contributed by atoms with Gasteiger partial charge in [-0.3, -0.25) is 4.98 Å². The second-order valence-corrected chi connectivity index (χ2v) is 8.57. The number of fused-ring (bicyclic) bond motifs is 1. The predicted octanol–water partition coefficient (Wildman–Crippen LogP) is 4.30. The first kappa shape index (κ1) is 16.4. The van der Waals surface area contributed by atoms with Crippen molar-refractivity contribution < 1.29 is 8.42 Å². The molecule has 0 spiro atoms. The zero-order chi connectivity index (χ0) is 16.6. The average molecular weight is 367 g/mol. The molecule has 23 heavy (non-hydrogen) atoms. The quantitative estimate of drug-likeness (QED) is 0.749. The molecule has 2 heterocycles. The summed E-state index contributed by atoms with van der Waals surface area (Å²) < 4.78 is 29.3. The van der Waals surface area contributed by atoms with Gasteiger partial charge in [-0.15, -0.1) is 11.3 Å². The summed E-state index contributed by atoms with van der Waals surface area (Å²) in [6.45, 7) is 3.58. The fourth-order valence-electron chi connectivity index (χ4n) is 2.49. The molecule has 120 valence electrons. The van der Waals surface area contributed by atoms with Gasteiger partial charge in [0.1, 0.15) is 4.90 Å². The van der Waals surface area contributed by atoms with Crippen LogP contribution in [-0.2, 0) is 10.0 Å². The Morgan fingerprint density at radius 1 is 1.26 bits per heavy atom. The Balaban J connectivity index is 2.03. The van der Waals surface area contributed by atoms with E-state index in [0.717, 1.165) is 9.58 Å². The molecule has 1 unspecified atom stereocenters. The van der Waals surface area contributed by atoms with E-state index in [4.69, 9.17) is 11.6 Å². The molecular formula is C16H15ClN2O2S2. The maximum Gasteiger partial charge on any atom is 0.242 e. The summed E-state index contributed by atoms with van der Waals surface area (Å²) in [5.74, 6) is 0. The lowest BCUT2D eigenvalue weighted by Gasteiger charge is -2.14. The fourth-order valence-corrected chi connectivity index (χ4v) is 5.66. The van der Waals surface area contributed by atoms with Crippen LogP contribution >= 0.6 is 22.9 Å². The highest BCUT2D eigenvalue weighted by Crippen LogP contribution is 2.36. The second-order valence-electron chi connectivity index (χ2n) is 5.23. The average Bonchev–Trinajstić information content (AvgIpc) is 2.83. The van der Waals surface area contributed by atoms with Crippen LogP contribution in [0.5, 0.6) is 0 Å². The van der Waals surface area contributed by atoms with E-state index in [-0.39, 0.29) is 0 Å². The molecule has 2 aromatic heterocycles. The number of benzene rings is 1. The zero-order valence-electron chi connectivity index (χ0n) is 12.6. The van der Waals surface area contributed by atoms with Crippen molar-refractivity contribution in [2.75, 3.05) is 0 Å². The highest BCUT2D eigenvalue weighted by atomic mass is 35.5. The van der Waals surface area contributed by atoms with Gasteiger partial charge in [0, 0.05) is 26.2 Å². The van der Waals surface area contributed by atoms with Gasteiger partial charge < -0.3 is 0 Å². The summed E-state index contributed by atoms with van der Waals surface area (Å²) in [4.78, 5) is 5.23. The van der Waals surface area contributed by atoms with E-state index in [1.54, 1.807) is 44.3 Å². The number of nitrogens with zero attached hydrogens (tertiary/aromatic N) is 1. The van der Waals surface area contributed by atoms with Gasteiger partial charge in [-0.25, -0.2) is 13.1 Å². The highest BCUT2D eigenvalue weighted by Gasteiger charge is 2.25. The highest BCUT2D eigenvalue weighted by molar-refractivity contribution is 7.90. The summed E-state index contributed by atoms with van der Waals surface area (Å²) in [5.41, 5.74) is 0.672. The third-order valence-electron chi connectivity index (χ3n) is 3.50. The van der Waals surface area contributed by atoms with E-state index < -0.39 is 16.1 Å². The molecule has 0 aliphatic rings. The van der Waals surface area contributed by atoms with Gasteiger partial charge in [0.25, 0.3) is 0 Å². The Labute approximate surface area is 144 Å². The van der Waals surface area contributed by atoms with Crippen LogP contribution in [-0.4, -0.2) is 13.4 Å². The summed E-state index contributed by atoms with van der Waals surface area (Å²) in [5, 5.41) is 1.17. The van der Waals surface area contributed by atoms with Gasteiger partial charge in [0.2, 0.25) is 10.0 Å². The van der Waals surface area contributed by atoms with E-state index in [1.165, 1.54) is 11.3 Å². The van der Waals surface area contributed by atoms with Crippen molar-refractivity contribution in [3.8, 4) is 0 Å². The molecule has 0 saturated carbocycles. The van der Waals surface area contributed by atoms with Gasteiger partial charge in [0.15, 0.2) is 0 Å². The van der Waals surface area contributed by atoms with Crippen LogP contribution in [0, 0.1) is 6.92 Å². The van der Waals surface area contributed by atoms with E-state index in [2.05, 4.69) is 9.71 Å². The number of halogens is 1. The van der Waals surface area contributed by atoms with E-state index >= 15 is 0 Å². The molecule has 1 aromatic carbocycles. The standard InChI is InChI=1S/C16H15ClN2O2S2/c1-10(14-5-3-4-8-18-14)19-23(20,21)16-11(2)22-15-7-6-12(17)9-13(15)16/h3-10,19H,1-2H3. The molecule has 0 saturated heterocycles. The second kappa shape index (κ2) is 6.20. The number of nitrogens with one attached hydrogen (secondary N) is 1. The van der Waals surface area contributed by atoms with Gasteiger partial charge in [-0.1, -0.05) is 17.7 Å². The number of aryl methyl sites for hydroxylation is 1. The van der Waals surface area contributed by atoms with Crippen molar-refractivity contribution in [2.45, 2.75) is 24.8 Å². The van der Waals surface area contributed by atoms with Crippen LogP contribution in [0.3, 0.4) is 0 Å². The molecule has 7 heteroatoms. The molecule has 0 aliphatic carbocycles. The van der Waals surface area contributed by atoms with E-state index in [1.807, 2.05) is 12.1 Å². The van der Waals surface area contributed by atoms with Crippen LogP contribution in [0.25, 0.3) is 10.1 Å². The van der Waals surface area contributed by atoms with Crippen LogP contribution in [0.1, 0.15) is 23.5 Å². The first-order valence-corrected chi connectivity index (χ1v) is 9.68. The van der Waals surface area contributed by atoms with Crippen LogP contribution in [0.15, 0.2) is 47.5 Å². The van der Waals surface area contributed by atoms with Crippen LogP contribution < -0.4 is 4.72 Å². The number of thiophene rings is 1. The summed E-state index contributed by atoms with van der Waals surface area (Å²) in [7, 11) is -3.68. The van der Waals surface area contributed by atoms with Crippen molar-refractivity contribution in [2.24, 2.45) is 0 Å². The Bertz CT molecular complexity index is 953. The van der Waals surface area contributed by atoms with Gasteiger partial charge in [0.05, 0.1) is 11.7 Å². The molecule has 1 atom stereocenters. The minimum Gasteiger partial charge on any atom is -0.260 e. The van der Waals surface area contributed by atoms with Crippen molar-refractivity contribution in [3.05, 3.63) is 58.2 Å². The Hall–Kier alpha value is -1.47. The third kappa shape index (κ3) is 3.26. The number of sulfonamides is 1. The number of aromatic nitrogens is 1. The summed E-state index contributed by atoms with van der Waals surface area (Å²) in [6.07, 6.45) is 1.64. The molecule has 3 aromatic rings. The van der Waals surface area contributed by atoms with E-state index in [9.17, 15) is 8.42 Å². The van der Waals surface area contributed by atoms with Crippen LogP contribution in [0.2, 0.25) is 5.02 Å². The summed E-state index contributed by atoms with van der Waals surface area (Å²) in [6, 6.07) is 10.3. The molecule has 0 aliphatic heterocycles. The third-order valence-corrected chi connectivity index (χ3v) is 6.68. The SMILES string of the molecule is Cc1sc2ccc(Cl)cc2c1S(=O)(=O)NC(C)c1ccccn1. The van der Waals surface area contributed by atoms with Gasteiger partial charge >= 0.3 is 0 Å². The largest absolute Gasteiger partial charge is 0.260 e. The smallest absolute Gasteiger partial charge is 0.242 e. The molecule has 0 radical (unpaired) electrons. The van der Waals surface area contributed by atoms with Crippen LogP contribution in [0.4, 0.5) is 0 Å². The molecule has 3 rings (SSSR count). The summed E-state index contributed by atoms with van der Waals surface area (Å²) >= 11 is 7.47. The molecule has 1 N–H and O–H groups in total. The molecule has 4 nitrogen and oxygen atoms in total. The predicted molar refractivity (Wildman–Crippen MR) is 94.5 cm³/mol. The van der Waals surface area contributed by atoms with Crippen molar-refractivity contribution in [3.63, 3.8) is 0 Å². The molecule has 0 fully saturated rings. The maximum atomic E-state index is 12.8. The number of pyridine rings is 1. The first-order valence-electron chi connectivity index (χ1n) is 7.00. The Kier molecular flexibility index (Phi) is 4.42. The Morgan fingerprint density at radius 2 is 2.04 bits per heavy atom. The zero-order valence-corrected chi connectivity index (χ0v) is 15.0. The fraction of sp³-hybridized carbons (Fsp3) is 0.188. The van der Waals surface area contributed by atoms with Gasteiger partial charge in [-0.2, -0.15) is 0 Å². The number of hydrogen-bond donors (Lipinski definition) is 1. The first-order chi connectivity index (χ1) is 10.9.